The molecule has 0 radical (unpaired) electrons. The number of hydrogen-bond acceptors (Lipinski definition) is 5. The highest BCUT2D eigenvalue weighted by atomic mass is 32.2. The maximum absolute atomic E-state index is 12.1. The molecule has 7 heteroatoms. The van der Waals surface area contributed by atoms with Crippen molar-refractivity contribution in [2.45, 2.75) is 37.4 Å². The molecule has 1 amide bonds. The smallest absolute Gasteiger partial charge is 0.309 e. The number of aliphatic carboxylic acids is 1. The maximum Gasteiger partial charge on any atom is 0.309 e. The predicted molar refractivity (Wildman–Crippen MR) is 81.3 cm³/mol. The van der Waals surface area contributed by atoms with Crippen LogP contribution >= 0.6 is 23.1 Å². The van der Waals surface area contributed by atoms with Crippen LogP contribution < -0.4 is 0 Å². The number of nitrogens with zero attached hydrogens (tertiary/aromatic N) is 2. The van der Waals surface area contributed by atoms with E-state index < -0.39 is 5.97 Å². The van der Waals surface area contributed by atoms with E-state index in [2.05, 4.69) is 18.8 Å². The van der Waals surface area contributed by atoms with Crippen molar-refractivity contribution in [2.24, 2.45) is 0 Å². The molecule has 1 rings (SSSR count). The molecule has 1 aromatic heterocycles. The van der Waals surface area contributed by atoms with Crippen LogP contribution in [0.5, 0.6) is 0 Å². The van der Waals surface area contributed by atoms with Crippen LogP contribution in [0.2, 0.25) is 0 Å². The minimum Gasteiger partial charge on any atom is -0.481 e. The SMILES string of the molecule is CCCN(CCC)C(=O)CSc1nc(CC(=O)O)cs1. The number of aromatic nitrogens is 1. The van der Waals surface area contributed by atoms with Crippen LogP contribution in [0.1, 0.15) is 32.4 Å². The van der Waals surface area contributed by atoms with Crippen molar-refractivity contribution >= 4 is 35.0 Å². The lowest BCUT2D eigenvalue weighted by Gasteiger charge is -2.20. The van der Waals surface area contributed by atoms with Gasteiger partial charge in [-0.25, -0.2) is 4.98 Å². The molecule has 5 nitrogen and oxygen atoms in total. The molecule has 0 saturated carbocycles. The second-order valence-corrected chi connectivity index (χ2v) is 6.43. The number of amides is 1. The van der Waals surface area contributed by atoms with Gasteiger partial charge in [-0.15, -0.1) is 11.3 Å². The van der Waals surface area contributed by atoms with Crippen molar-refractivity contribution in [2.75, 3.05) is 18.8 Å². The quantitative estimate of drug-likeness (QED) is 0.709. The van der Waals surface area contributed by atoms with Crippen LogP contribution in [0, 0.1) is 0 Å². The van der Waals surface area contributed by atoms with Gasteiger partial charge in [0.1, 0.15) is 0 Å². The number of carboxylic acid groups (broad SMARTS) is 1. The van der Waals surface area contributed by atoms with Gasteiger partial charge < -0.3 is 10.0 Å². The fraction of sp³-hybridized carbons (Fsp3) is 0.615. The van der Waals surface area contributed by atoms with Crippen LogP contribution in [-0.2, 0) is 16.0 Å². The fourth-order valence-corrected chi connectivity index (χ4v) is 3.45. The molecule has 0 saturated heterocycles. The normalized spacial score (nSPS) is 10.5. The van der Waals surface area contributed by atoms with E-state index >= 15 is 0 Å². The lowest BCUT2D eigenvalue weighted by molar-refractivity contribution is -0.136. The zero-order chi connectivity index (χ0) is 15.0. The molecule has 0 aliphatic carbocycles. The summed E-state index contributed by atoms with van der Waals surface area (Å²) in [7, 11) is 0. The molecular formula is C13H20N2O3S2. The standard InChI is InChI=1S/C13H20N2O3S2/c1-3-5-15(6-4-2)11(16)9-20-13-14-10(8-19-13)7-12(17)18/h8H,3-7,9H2,1-2H3,(H,17,18). The topological polar surface area (TPSA) is 70.5 Å². The number of hydrogen-bond donors (Lipinski definition) is 1. The summed E-state index contributed by atoms with van der Waals surface area (Å²) in [6.45, 7) is 5.69. The highest BCUT2D eigenvalue weighted by Crippen LogP contribution is 2.23. The van der Waals surface area contributed by atoms with Crippen molar-refractivity contribution in [3.63, 3.8) is 0 Å². The van der Waals surface area contributed by atoms with Crippen molar-refractivity contribution in [1.82, 2.24) is 9.88 Å². The molecule has 1 heterocycles. The van der Waals surface area contributed by atoms with Crippen molar-refractivity contribution in [3.05, 3.63) is 11.1 Å². The van der Waals surface area contributed by atoms with Gasteiger partial charge in [0.25, 0.3) is 0 Å². The third-order valence-corrected chi connectivity index (χ3v) is 4.58. The van der Waals surface area contributed by atoms with Crippen LogP contribution in [-0.4, -0.2) is 45.7 Å². The molecule has 0 aromatic carbocycles. The van der Waals surface area contributed by atoms with Gasteiger partial charge in [0.05, 0.1) is 17.9 Å². The third kappa shape index (κ3) is 5.92. The van der Waals surface area contributed by atoms with Gasteiger partial charge in [0.2, 0.25) is 5.91 Å². The second kappa shape index (κ2) is 8.97. The Balaban J connectivity index is 2.46. The molecule has 0 aliphatic heterocycles. The van der Waals surface area contributed by atoms with E-state index in [1.54, 1.807) is 5.38 Å². The van der Waals surface area contributed by atoms with Gasteiger partial charge in [-0.2, -0.15) is 0 Å². The molecule has 0 bridgehead atoms. The highest BCUT2D eigenvalue weighted by Gasteiger charge is 2.13. The Labute approximate surface area is 127 Å². The van der Waals surface area contributed by atoms with E-state index in [1.165, 1.54) is 23.1 Å². The summed E-state index contributed by atoms with van der Waals surface area (Å²) < 4.78 is 0.752. The molecule has 0 unspecified atom stereocenters. The Bertz CT molecular complexity index is 443. The van der Waals surface area contributed by atoms with Gasteiger partial charge in [0.15, 0.2) is 4.34 Å². The minimum atomic E-state index is -0.889. The largest absolute Gasteiger partial charge is 0.481 e. The van der Waals surface area contributed by atoms with E-state index in [9.17, 15) is 9.59 Å². The molecule has 0 fully saturated rings. The average molecular weight is 316 g/mol. The minimum absolute atomic E-state index is 0.0667. The van der Waals surface area contributed by atoms with Crippen molar-refractivity contribution in [3.8, 4) is 0 Å². The number of rotatable bonds is 9. The zero-order valence-corrected chi connectivity index (χ0v) is 13.4. The summed E-state index contributed by atoms with van der Waals surface area (Å²) in [4.78, 5) is 28.7. The lowest BCUT2D eigenvalue weighted by atomic mass is 10.3. The Hall–Kier alpha value is -1.08. The summed E-state index contributed by atoms with van der Waals surface area (Å²) in [5, 5.41) is 10.4. The van der Waals surface area contributed by atoms with Crippen molar-refractivity contribution < 1.29 is 14.7 Å². The summed E-state index contributed by atoms with van der Waals surface area (Å²) in [5.74, 6) is -0.409. The lowest BCUT2D eigenvalue weighted by Crippen LogP contribution is -2.33. The maximum atomic E-state index is 12.1. The first-order chi connectivity index (χ1) is 9.56. The zero-order valence-electron chi connectivity index (χ0n) is 11.8. The van der Waals surface area contributed by atoms with Crippen LogP contribution in [0.25, 0.3) is 0 Å². The number of carboxylic acids is 1. The van der Waals surface area contributed by atoms with E-state index in [0.29, 0.717) is 11.4 Å². The van der Waals surface area contributed by atoms with Gasteiger partial charge in [0, 0.05) is 18.5 Å². The molecule has 0 atom stereocenters. The highest BCUT2D eigenvalue weighted by molar-refractivity contribution is 8.01. The second-order valence-electron chi connectivity index (χ2n) is 4.34. The summed E-state index contributed by atoms with van der Waals surface area (Å²) in [6, 6.07) is 0. The van der Waals surface area contributed by atoms with Gasteiger partial charge in [-0.3, -0.25) is 9.59 Å². The molecule has 1 N–H and O–H groups in total. The fourth-order valence-electron chi connectivity index (χ4n) is 1.71. The molecule has 1 aromatic rings. The van der Waals surface area contributed by atoms with E-state index in [4.69, 9.17) is 5.11 Å². The third-order valence-electron chi connectivity index (χ3n) is 2.52. The van der Waals surface area contributed by atoms with Gasteiger partial charge in [-0.1, -0.05) is 25.6 Å². The van der Waals surface area contributed by atoms with E-state index in [1.807, 2.05) is 4.90 Å². The molecule has 20 heavy (non-hydrogen) atoms. The summed E-state index contributed by atoms with van der Waals surface area (Å²) >= 11 is 2.77. The number of thioether (sulfide) groups is 1. The predicted octanol–water partition coefficient (Wildman–Crippen LogP) is 2.51. The monoisotopic (exact) mass is 316 g/mol. The first-order valence-electron chi connectivity index (χ1n) is 6.63. The Morgan fingerprint density at radius 3 is 2.55 bits per heavy atom. The van der Waals surface area contributed by atoms with Gasteiger partial charge in [-0.05, 0) is 12.8 Å². The van der Waals surface area contributed by atoms with Crippen LogP contribution in [0.3, 0.4) is 0 Å². The molecule has 112 valence electrons. The van der Waals surface area contributed by atoms with Crippen LogP contribution in [0.15, 0.2) is 9.72 Å². The number of carbonyl (C=O) groups is 2. The van der Waals surface area contributed by atoms with Crippen molar-refractivity contribution in [1.29, 1.82) is 0 Å². The average Bonchev–Trinajstić information content (AvgIpc) is 2.82. The van der Waals surface area contributed by atoms with Gasteiger partial charge >= 0.3 is 5.97 Å². The molecule has 0 aliphatic rings. The van der Waals surface area contributed by atoms with E-state index in [0.717, 1.165) is 30.3 Å². The number of thiazole rings is 1. The Morgan fingerprint density at radius 1 is 1.35 bits per heavy atom. The molecule has 0 spiro atoms. The van der Waals surface area contributed by atoms with E-state index in [-0.39, 0.29) is 12.3 Å². The Kier molecular flexibility index (Phi) is 7.61. The summed E-state index contributed by atoms with van der Waals surface area (Å²) in [6.07, 6.45) is 1.84. The molecular weight excluding hydrogens is 296 g/mol. The Morgan fingerprint density at radius 2 is 2.00 bits per heavy atom. The first-order valence-corrected chi connectivity index (χ1v) is 8.50. The first kappa shape index (κ1) is 17.0. The number of carbonyl (C=O) groups excluding carboxylic acids is 1. The summed E-state index contributed by atoms with van der Waals surface area (Å²) in [5.41, 5.74) is 0.552. The van der Waals surface area contributed by atoms with Crippen LogP contribution in [0.4, 0.5) is 0 Å².